The third-order valence-electron chi connectivity index (χ3n) is 3.98. The van der Waals surface area contributed by atoms with Crippen molar-refractivity contribution in [3.05, 3.63) is 53.8 Å². The summed E-state index contributed by atoms with van der Waals surface area (Å²) in [5.74, 6) is -0.362. The lowest BCUT2D eigenvalue weighted by atomic mass is 10.0. The Morgan fingerprint density at radius 1 is 1.00 bits per heavy atom. The van der Waals surface area contributed by atoms with Crippen molar-refractivity contribution in [2.45, 2.75) is 13.0 Å². The molecule has 0 radical (unpaired) electrons. The molecule has 0 unspecified atom stereocenters. The van der Waals surface area contributed by atoms with Crippen molar-refractivity contribution in [3.63, 3.8) is 0 Å². The van der Waals surface area contributed by atoms with Gasteiger partial charge in [-0.25, -0.2) is 4.39 Å². The molecule has 3 rings (SSSR count). The number of fused-ring (bicyclic) bond motifs is 1. The molecule has 1 N–H and O–H groups in total. The summed E-state index contributed by atoms with van der Waals surface area (Å²) in [5, 5.41) is 9.94. The molecule has 0 amide bonds. The van der Waals surface area contributed by atoms with Crippen LogP contribution in [-0.2, 0) is 0 Å². The molecule has 21 heavy (non-hydrogen) atoms. The maximum atomic E-state index is 14.1. The van der Waals surface area contributed by atoms with Gasteiger partial charge in [0, 0.05) is 31.4 Å². The Hall–Kier alpha value is -2.07. The Morgan fingerprint density at radius 3 is 2.38 bits per heavy atom. The van der Waals surface area contributed by atoms with Crippen molar-refractivity contribution in [1.29, 1.82) is 0 Å². The van der Waals surface area contributed by atoms with Gasteiger partial charge in [0.05, 0.1) is 17.5 Å². The lowest BCUT2D eigenvalue weighted by Gasteiger charge is -2.38. The first kappa shape index (κ1) is 13.9. The van der Waals surface area contributed by atoms with Crippen LogP contribution in [0.25, 0.3) is 0 Å². The number of aliphatic hydroxyl groups is 1. The van der Waals surface area contributed by atoms with Crippen LogP contribution in [0.15, 0.2) is 42.5 Å². The van der Waals surface area contributed by atoms with E-state index in [1.807, 2.05) is 24.3 Å². The zero-order valence-electron chi connectivity index (χ0n) is 12.3. The summed E-state index contributed by atoms with van der Waals surface area (Å²) < 4.78 is 14.1. The quantitative estimate of drug-likeness (QED) is 0.915. The number of anilines is 3. The van der Waals surface area contributed by atoms with Crippen LogP contribution >= 0.6 is 0 Å². The molecule has 4 heteroatoms. The van der Waals surface area contributed by atoms with E-state index in [9.17, 15) is 9.50 Å². The van der Waals surface area contributed by atoms with Crippen LogP contribution < -0.4 is 9.80 Å². The molecule has 1 heterocycles. The van der Waals surface area contributed by atoms with Gasteiger partial charge < -0.3 is 14.9 Å². The molecule has 1 aliphatic heterocycles. The molecule has 1 aliphatic rings. The van der Waals surface area contributed by atoms with Gasteiger partial charge in [-0.3, -0.25) is 0 Å². The van der Waals surface area contributed by atoms with Crippen LogP contribution in [0.2, 0.25) is 0 Å². The van der Waals surface area contributed by atoms with Gasteiger partial charge in [-0.2, -0.15) is 0 Å². The number of hydrogen-bond acceptors (Lipinski definition) is 3. The minimum Gasteiger partial charge on any atom is -0.389 e. The monoisotopic (exact) mass is 286 g/mol. The molecule has 1 atom stereocenters. The molecule has 0 saturated heterocycles. The van der Waals surface area contributed by atoms with Crippen molar-refractivity contribution >= 4 is 17.1 Å². The number of likely N-dealkylation sites (N-methyl/N-ethyl adjacent to an activating group) is 1. The third-order valence-corrected chi connectivity index (χ3v) is 3.98. The summed E-state index contributed by atoms with van der Waals surface area (Å²) in [6.07, 6.45) is -0.840. The van der Waals surface area contributed by atoms with Gasteiger partial charge in [-0.1, -0.05) is 18.2 Å². The molecule has 0 saturated carbocycles. The predicted molar refractivity (Wildman–Crippen MR) is 83.8 cm³/mol. The highest BCUT2D eigenvalue weighted by Gasteiger charge is 2.25. The Labute approximate surface area is 124 Å². The Kier molecular flexibility index (Phi) is 3.55. The summed E-state index contributed by atoms with van der Waals surface area (Å²) in [6.45, 7) is 3.22. The molecular formula is C17H19FN2O. The van der Waals surface area contributed by atoms with E-state index in [0.29, 0.717) is 5.56 Å². The zero-order valence-corrected chi connectivity index (χ0v) is 12.3. The zero-order chi connectivity index (χ0) is 15.0. The fourth-order valence-electron chi connectivity index (χ4n) is 2.93. The smallest absolute Gasteiger partial charge is 0.131 e. The molecule has 2 aromatic rings. The van der Waals surface area contributed by atoms with Crippen LogP contribution in [0.4, 0.5) is 21.5 Å². The minimum atomic E-state index is -0.840. The van der Waals surface area contributed by atoms with E-state index in [-0.39, 0.29) is 5.82 Å². The highest BCUT2D eigenvalue weighted by Crippen LogP contribution is 2.40. The summed E-state index contributed by atoms with van der Waals surface area (Å²) >= 11 is 0. The van der Waals surface area contributed by atoms with Gasteiger partial charge in [0.2, 0.25) is 0 Å². The predicted octanol–water partition coefficient (Wildman–Crippen LogP) is 3.47. The third kappa shape index (κ3) is 2.36. The van der Waals surface area contributed by atoms with E-state index < -0.39 is 6.10 Å². The SMILES string of the molecule is C[C@H](O)c1c(F)cccc1N1CCN(C)c2ccccc21. The van der Waals surface area contributed by atoms with Crippen LogP contribution in [0, 0.1) is 5.82 Å². The van der Waals surface area contributed by atoms with Gasteiger partial charge in [0.15, 0.2) is 0 Å². The minimum absolute atomic E-state index is 0.358. The molecule has 0 spiro atoms. The van der Waals surface area contributed by atoms with Crippen LogP contribution in [-0.4, -0.2) is 25.2 Å². The number of aliphatic hydroxyl groups excluding tert-OH is 1. The fourth-order valence-corrected chi connectivity index (χ4v) is 2.93. The lowest BCUT2D eigenvalue weighted by Crippen LogP contribution is -2.37. The average Bonchev–Trinajstić information content (AvgIpc) is 2.47. The van der Waals surface area contributed by atoms with Gasteiger partial charge in [0.1, 0.15) is 5.82 Å². The molecule has 110 valence electrons. The van der Waals surface area contributed by atoms with Gasteiger partial charge in [-0.15, -0.1) is 0 Å². The van der Waals surface area contributed by atoms with E-state index in [1.54, 1.807) is 13.0 Å². The number of hydrogen-bond donors (Lipinski definition) is 1. The number of rotatable bonds is 2. The average molecular weight is 286 g/mol. The summed E-state index contributed by atoms with van der Waals surface area (Å²) in [6, 6.07) is 13.0. The van der Waals surface area contributed by atoms with E-state index in [2.05, 4.69) is 22.9 Å². The van der Waals surface area contributed by atoms with E-state index in [0.717, 1.165) is 30.2 Å². The summed E-state index contributed by atoms with van der Waals surface area (Å²) in [7, 11) is 2.05. The van der Waals surface area contributed by atoms with Gasteiger partial charge in [0.25, 0.3) is 0 Å². The van der Waals surface area contributed by atoms with Crippen molar-refractivity contribution in [2.24, 2.45) is 0 Å². The van der Waals surface area contributed by atoms with Crippen LogP contribution in [0.1, 0.15) is 18.6 Å². The molecule has 2 aromatic carbocycles. The highest BCUT2D eigenvalue weighted by atomic mass is 19.1. The van der Waals surface area contributed by atoms with Crippen molar-refractivity contribution in [1.82, 2.24) is 0 Å². The van der Waals surface area contributed by atoms with Gasteiger partial charge >= 0.3 is 0 Å². The Balaban J connectivity index is 2.15. The number of nitrogens with zero attached hydrogens (tertiary/aromatic N) is 2. The van der Waals surface area contributed by atoms with Crippen LogP contribution in [0.3, 0.4) is 0 Å². The number of para-hydroxylation sites is 2. The Morgan fingerprint density at radius 2 is 1.67 bits per heavy atom. The standard InChI is InChI=1S/C17H19FN2O/c1-12(21)17-13(18)6-5-9-16(17)20-11-10-19(2)14-7-3-4-8-15(14)20/h3-9,12,21H,10-11H2,1-2H3/t12-/m0/s1. The van der Waals surface area contributed by atoms with Gasteiger partial charge in [-0.05, 0) is 31.2 Å². The van der Waals surface area contributed by atoms with Crippen LogP contribution in [0.5, 0.6) is 0 Å². The van der Waals surface area contributed by atoms with Crippen molar-refractivity contribution in [2.75, 3.05) is 29.9 Å². The summed E-state index contributed by atoms with van der Waals surface area (Å²) in [5.41, 5.74) is 3.26. The van der Waals surface area contributed by atoms with Crippen molar-refractivity contribution in [3.8, 4) is 0 Å². The lowest BCUT2D eigenvalue weighted by molar-refractivity contribution is 0.194. The maximum Gasteiger partial charge on any atom is 0.131 e. The first-order chi connectivity index (χ1) is 10.1. The number of benzene rings is 2. The first-order valence-electron chi connectivity index (χ1n) is 7.14. The maximum absolute atomic E-state index is 14.1. The second-order valence-electron chi connectivity index (χ2n) is 5.41. The highest BCUT2D eigenvalue weighted by molar-refractivity contribution is 5.80. The first-order valence-corrected chi connectivity index (χ1v) is 7.14. The molecule has 0 aliphatic carbocycles. The molecular weight excluding hydrogens is 267 g/mol. The van der Waals surface area contributed by atoms with E-state index in [4.69, 9.17) is 0 Å². The fraction of sp³-hybridized carbons (Fsp3) is 0.294. The van der Waals surface area contributed by atoms with E-state index in [1.165, 1.54) is 6.07 Å². The molecule has 0 aromatic heterocycles. The molecule has 3 nitrogen and oxygen atoms in total. The normalized spacial score (nSPS) is 15.8. The Bertz CT molecular complexity index is 657. The molecule has 0 fully saturated rings. The van der Waals surface area contributed by atoms with Crippen molar-refractivity contribution < 1.29 is 9.50 Å². The molecule has 0 bridgehead atoms. The largest absolute Gasteiger partial charge is 0.389 e. The second kappa shape index (κ2) is 5.37. The van der Waals surface area contributed by atoms with E-state index >= 15 is 0 Å². The number of halogens is 1. The topological polar surface area (TPSA) is 26.7 Å². The summed E-state index contributed by atoms with van der Waals surface area (Å²) in [4.78, 5) is 4.27. The second-order valence-corrected chi connectivity index (χ2v) is 5.41.